The van der Waals surface area contributed by atoms with Crippen LogP contribution in [0, 0.1) is 0 Å². The van der Waals surface area contributed by atoms with Crippen molar-refractivity contribution in [2.45, 2.75) is 47.9 Å². The number of carbonyl (C=O) groups excluding carboxylic acids is 1. The van der Waals surface area contributed by atoms with Gasteiger partial charge in [-0.2, -0.15) is 4.31 Å². The maximum atomic E-state index is 12.6. The fraction of sp³-hybridized carbons (Fsp3) is 0.400. The number of carbonyl (C=O) groups is 1. The van der Waals surface area contributed by atoms with Crippen molar-refractivity contribution in [2.24, 2.45) is 0 Å². The number of nitrogens with one attached hydrogen (secondary N) is 1. The number of hydrogen-bond acceptors (Lipinski definition) is 5. The van der Waals surface area contributed by atoms with Gasteiger partial charge in [-0.15, -0.1) is 0 Å². The Morgan fingerprint density at radius 2 is 1.87 bits per heavy atom. The van der Waals surface area contributed by atoms with Gasteiger partial charge in [0.15, 0.2) is 0 Å². The molecule has 2 heterocycles. The summed E-state index contributed by atoms with van der Waals surface area (Å²) in [5.41, 5.74) is 0.779. The van der Waals surface area contributed by atoms with Crippen molar-refractivity contribution in [3.05, 3.63) is 52.1 Å². The van der Waals surface area contributed by atoms with Crippen molar-refractivity contribution >= 4 is 50.9 Å². The van der Waals surface area contributed by atoms with Crippen LogP contribution >= 0.6 is 35.0 Å². The molecule has 1 amide bonds. The molecular formula is C20H23Cl2N3O3S2. The van der Waals surface area contributed by atoms with E-state index in [0.29, 0.717) is 28.2 Å². The third kappa shape index (κ3) is 5.48. The summed E-state index contributed by atoms with van der Waals surface area (Å²) in [7, 11) is -3.49. The fourth-order valence-corrected chi connectivity index (χ4v) is 6.00. The maximum absolute atomic E-state index is 12.6. The lowest BCUT2D eigenvalue weighted by molar-refractivity contribution is -0.120. The van der Waals surface area contributed by atoms with Crippen molar-refractivity contribution in [2.75, 3.05) is 13.1 Å². The number of halogens is 2. The van der Waals surface area contributed by atoms with Crippen molar-refractivity contribution in [1.29, 1.82) is 0 Å². The van der Waals surface area contributed by atoms with E-state index in [9.17, 15) is 13.2 Å². The number of thioether (sulfide) groups is 1. The topological polar surface area (TPSA) is 79.4 Å². The van der Waals surface area contributed by atoms with Gasteiger partial charge in [0.25, 0.3) is 0 Å². The summed E-state index contributed by atoms with van der Waals surface area (Å²) in [4.78, 5) is 17.0. The summed E-state index contributed by atoms with van der Waals surface area (Å²) in [5, 5.41) is 4.11. The van der Waals surface area contributed by atoms with E-state index < -0.39 is 15.3 Å². The quantitative estimate of drug-likeness (QED) is 0.580. The first kappa shape index (κ1) is 23.3. The lowest BCUT2D eigenvalue weighted by Gasteiger charge is -2.19. The van der Waals surface area contributed by atoms with E-state index in [1.807, 2.05) is 6.92 Å². The maximum Gasteiger partial charge on any atom is 0.244 e. The van der Waals surface area contributed by atoms with Crippen molar-refractivity contribution in [1.82, 2.24) is 14.6 Å². The van der Waals surface area contributed by atoms with Crippen LogP contribution in [0.5, 0.6) is 0 Å². The molecule has 1 fully saturated rings. The van der Waals surface area contributed by atoms with Crippen molar-refractivity contribution < 1.29 is 13.2 Å². The van der Waals surface area contributed by atoms with Crippen LogP contribution in [0.25, 0.3) is 0 Å². The Hall–Kier alpha value is -1.32. The Morgan fingerprint density at radius 1 is 1.17 bits per heavy atom. The van der Waals surface area contributed by atoms with E-state index >= 15 is 0 Å². The van der Waals surface area contributed by atoms with E-state index in [2.05, 4.69) is 10.3 Å². The second-order valence-electron chi connectivity index (χ2n) is 7.10. The highest BCUT2D eigenvalue weighted by atomic mass is 35.5. The average molecular weight is 488 g/mol. The van der Waals surface area contributed by atoms with Crippen LogP contribution in [0.1, 0.15) is 38.3 Å². The fourth-order valence-electron chi connectivity index (χ4n) is 3.16. The minimum atomic E-state index is -3.49. The predicted molar refractivity (Wildman–Crippen MR) is 121 cm³/mol. The molecule has 0 saturated carbocycles. The molecule has 0 radical (unpaired) electrons. The average Bonchev–Trinajstić information content (AvgIpc) is 3.24. The molecule has 0 spiro atoms. The number of pyridine rings is 1. The van der Waals surface area contributed by atoms with Gasteiger partial charge >= 0.3 is 0 Å². The van der Waals surface area contributed by atoms with Gasteiger partial charge in [0.1, 0.15) is 4.90 Å². The second-order valence-corrected chi connectivity index (χ2v) is 11.2. The third-order valence-electron chi connectivity index (χ3n) is 4.87. The molecule has 2 atom stereocenters. The Labute approximate surface area is 191 Å². The molecule has 3 rings (SSSR count). The minimum absolute atomic E-state index is 0.172. The van der Waals surface area contributed by atoms with Gasteiger partial charge in [-0.3, -0.25) is 4.79 Å². The third-order valence-corrected chi connectivity index (χ3v) is 8.36. The Morgan fingerprint density at radius 3 is 2.47 bits per heavy atom. The van der Waals surface area contributed by atoms with Crippen LogP contribution in [-0.4, -0.2) is 42.0 Å². The molecule has 1 aromatic heterocycles. The number of aromatic nitrogens is 1. The molecule has 0 bridgehead atoms. The first-order valence-electron chi connectivity index (χ1n) is 9.56. The van der Waals surface area contributed by atoms with Gasteiger partial charge < -0.3 is 5.32 Å². The second kappa shape index (κ2) is 9.87. The number of nitrogens with zero attached hydrogens (tertiary/aromatic N) is 2. The molecule has 162 valence electrons. The zero-order chi connectivity index (χ0) is 21.9. The summed E-state index contributed by atoms with van der Waals surface area (Å²) in [6.07, 6.45) is 3.12. The molecule has 2 unspecified atom stereocenters. The predicted octanol–water partition coefficient (Wildman–Crippen LogP) is 4.53. The number of hydrogen-bond donors (Lipinski definition) is 1. The molecule has 1 aliphatic rings. The molecule has 1 aliphatic heterocycles. The van der Waals surface area contributed by atoms with Crippen molar-refractivity contribution in [3.8, 4) is 0 Å². The SMILES string of the molecule is CC(Sc1ccc(S(=O)(=O)N2CCCC2)cn1)C(=O)NC(C)c1ccc(Cl)cc1Cl. The molecule has 2 aromatic rings. The van der Waals surface area contributed by atoms with E-state index in [-0.39, 0.29) is 16.8 Å². The van der Waals surface area contributed by atoms with E-state index in [0.717, 1.165) is 18.4 Å². The summed E-state index contributed by atoms with van der Waals surface area (Å²) in [6, 6.07) is 8.05. The van der Waals surface area contributed by atoms with Crippen LogP contribution in [-0.2, 0) is 14.8 Å². The molecule has 1 aromatic carbocycles. The lowest BCUT2D eigenvalue weighted by Crippen LogP contribution is -2.33. The zero-order valence-electron chi connectivity index (χ0n) is 16.6. The monoisotopic (exact) mass is 487 g/mol. The van der Waals surface area contributed by atoms with Crippen LogP contribution in [0.2, 0.25) is 10.0 Å². The Bertz CT molecular complexity index is 1010. The lowest BCUT2D eigenvalue weighted by atomic mass is 10.1. The van der Waals surface area contributed by atoms with Gasteiger partial charge in [-0.25, -0.2) is 13.4 Å². The van der Waals surface area contributed by atoms with Gasteiger partial charge in [0, 0.05) is 29.3 Å². The number of sulfonamides is 1. The highest BCUT2D eigenvalue weighted by Crippen LogP contribution is 2.28. The van der Waals surface area contributed by atoms with Gasteiger partial charge in [0.05, 0.1) is 16.3 Å². The van der Waals surface area contributed by atoms with Crippen LogP contribution in [0.3, 0.4) is 0 Å². The Balaban J connectivity index is 1.61. The molecule has 30 heavy (non-hydrogen) atoms. The normalized spacial score (nSPS) is 16.9. The molecule has 10 heteroatoms. The highest BCUT2D eigenvalue weighted by molar-refractivity contribution is 8.00. The molecule has 0 aliphatic carbocycles. The molecule has 1 N–H and O–H groups in total. The Kier molecular flexibility index (Phi) is 7.68. The number of benzene rings is 1. The molecule has 1 saturated heterocycles. The molecular weight excluding hydrogens is 465 g/mol. The summed E-state index contributed by atoms with van der Waals surface area (Å²) in [5.74, 6) is -0.172. The highest BCUT2D eigenvalue weighted by Gasteiger charge is 2.27. The molecule has 6 nitrogen and oxygen atoms in total. The van der Waals surface area contributed by atoms with Gasteiger partial charge in [-0.05, 0) is 56.5 Å². The zero-order valence-corrected chi connectivity index (χ0v) is 19.8. The first-order chi connectivity index (χ1) is 14.2. The van der Waals surface area contributed by atoms with E-state index in [4.69, 9.17) is 23.2 Å². The smallest absolute Gasteiger partial charge is 0.244 e. The largest absolute Gasteiger partial charge is 0.349 e. The van der Waals surface area contributed by atoms with Crippen LogP contribution in [0.15, 0.2) is 46.5 Å². The minimum Gasteiger partial charge on any atom is -0.349 e. The van der Waals surface area contributed by atoms with Crippen LogP contribution < -0.4 is 5.32 Å². The summed E-state index contributed by atoms with van der Waals surface area (Å²) >= 11 is 13.4. The van der Waals surface area contributed by atoms with Crippen molar-refractivity contribution in [3.63, 3.8) is 0 Å². The number of amides is 1. The first-order valence-corrected chi connectivity index (χ1v) is 12.6. The van der Waals surface area contributed by atoms with Crippen LogP contribution in [0.4, 0.5) is 0 Å². The summed E-state index contributed by atoms with van der Waals surface area (Å²) < 4.78 is 26.6. The standard InChI is InChI=1S/C20H23Cl2N3O3S2/c1-13(17-7-5-15(21)11-18(17)22)24-20(26)14(2)29-19-8-6-16(12-23-19)30(27,28)25-9-3-4-10-25/h5-8,11-14H,3-4,9-10H2,1-2H3,(H,24,26). The summed E-state index contributed by atoms with van der Waals surface area (Å²) in [6.45, 7) is 4.71. The van der Waals surface area contributed by atoms with E-state index in [1.165, 1.54) is 22.3 Å². The number of rotatable bonds is 7. The van der Waals surface area contributed by atoms with Gasteiger partial charge in [0.2, 0.25) is 15.9 Å². The van der Waals surface area contributed by atoms with Gasteiger partial charge in [-0.1, -0.05) is 41.0 Å². The van der Waals surface area contributed by atoms with E-state index in [1.54, 1.807) is 37.3 Å².